The van der Waals surface area contributed by atoms with Gasteiger partial charge in [0.1, 0.15) is 5.69 Å². The number of carbonyl (C=O) groups is 1. The van der Waals surface area contributed by atoms with E-state index in [1.807, 2.05) is 6.92 Å². The largest absolute Gasteiger partial charge is 0.433 e. The zero-order chi connectivity index (χ0) is 13.1. The monoisotopic (exact) mass is 246 g/mol. The van der Waals surface area contributed by atoms with E-state index in [1.165, 1.54) is 6.92 Å². The van der Waals surface area contributed by atoms with Gasteiger partial charge in [0.2, 0.25) is 0 Å². The first-order valence-corrected chi connectivity index (χ1v) is 5.19. The molecule has 0 radical (unpaired) electrons. The molecule has 0 aliphatic carbocycles. The van der Waals surface area contributed by atoms with E-state index in [9.17, 15) is 18.0 Å². The Bertz CT molecular complexity index is 416. The number of carbonyl (C=O) groups excluding carboxylic acids is 1. The van der Waals surface area contributed by atoms with E-state index >= 15 is 0 Å². The molecule has 1 aromatic heterocycles. The lowest BCUT2D eigenvalue weighted by molar-refractivity contribution is -0.141. The Morgan fingerprint density at radius 3 is 2.53 bits per heavy atom. The van der Waals surface area contributed by atoms with Crippen molar-refractivity contribution in [3.63, 3.8) is 0 Å². The molecule has 6 heteroatoms. The highest BCUT2D eigenvalue weighted by Crippen LogP contribution is 2.28. The maximum Gasteiger partial charge on any atom is 0.433 e. The second-order valence-corrected chi connectivity index (χ2v) is 3.58. The van der Waals surface area contributed by atoms with Gasteiger partial charge in [-0.2, -0.15) is 13.2 Å². The number of alkyl halides is 3. The summed E-state index contributed by atoms with van der Waals surface area (Å²) in [6.07, 6.45) is -3.72. The standard InChI is InChI=1S/C11H13F3N2O/c1-3-6-15-10(17)8-4-5-9(11(12,13)14)16-7(8)2/h4-5H,3,6H2,1-2H3,(H,15,17). The fourth-order valence-electron chi connectivity index (χ4n) is 1.29. The summed E-state index contributed by atoms with van der Waals surface area (Å²) in [5, 5.41) is 2.59. The summed E-state index contributed by atoms with van der Waals surface area (Å²) in [6.45, 7) is 3.76. The second kappa shape index (κ2) is 5.16. The van der Waals surface area contributed by atoms with Gasteiger partial charge in [-0.25, -0.2) is 4.98 Å². The Kier molecular flexibility index (Phi) is 4.09. The Labute approximate surface area is 97.0 Å². The number of halogens is 3. The minimum atomic E-state index is -4.48. The predicted octanol–water partition coefficient (Wildman–Crippen LogP) is 2.55. The molecule has 0 fully saturated rings. The van der Waals surface area contributed by atoms with E-state index < -0.39 is 17.8 Å². The van der Waals surface area contributed by atoms with Crippen LogP contribution in [-0.4, -0.2) is 17.4 Å². The number of hydrogen-bond donors (Lipinski definition) is 1. The van der Waals surface area contributed by atoms with Gasteiger partial charge in [0, 0.05) is 6.54 Å². The SMILES string of the molecule is CCCNC(=O)c1ccc(C(F)(F)F)nc1C. The molecule has 0 spiro atoms. The summed E-state index contributed by atoms with van der Waals surface area (Å²) in [4.78, 5) is 14.9. The Morgan fingerprint density at radius 2 is 2.06 bits per heavy atom. The first-order valence-electron chi connectivity index (χ1n) is 5.19. The maximum absolute atomic E-state index is 12.3. The number of pyridine rings is 1. The molecule has 0 saturated carbocycles. The van der Waals surface area contributed by atoms with E-state index in [2.05, 4.69) is 10.3 Å². The molecule has 17 heavy (non-hydrogen) atoms. The van der Waals surface area contributed by atoms with Gasteiger partial charge in [-0.15, -0.1) is 0 Å². The summed E-state index contributed by atoms with van der Waals surface area (Å²) in [6, 6.07) is 1.96. The van der Waals surface area contributed by atoms with Crippen molar-refractivity contribution >= 4 is 5.91 Å². The van der Waals surface area contributed by atoms with Crippen molar-refractivity contribution in [2.75, 3.05) is 6.54 Å². The predicted molar refractivity (Wildman–Crippen MR) is 56.6 cm³/mol. The quantitative estimate of drug-likeness (QED) is 0.890. The number of aryl methyl sites for hydroxylation is 1. The van der Waals surface area contributed by atoms with Crippen LogP contribution >= 0.6 is 0 Å². The molecule has 1 rings (SSSR count). The minimum Gasteiger partial charge on any atom is -0.352 e. The number of aromatic nitrogens is 1. The lowest BCUT2D eigenvalue weighted by Gasteiger charge is -2.10. The van der Waals surface area contributed by atoms with Crippen LogP contribution < -0.4 is 5.32 Å². The lowest BCUT2D eigenvalue weighted by Crippen LogP contribution is -2.25. The van der Waals surface area contributed by atoms with Crippen LogP contribution in [0.25, 0.3) is 0 Å². The minimum absolute atomic E-state index is 0.0772. The van der Waals surface area contributed by atoms with E-state index in [0.717, 1.165) is 18.6 Å². The highest BCUT2D eigenvalue weighted by molar-refractivity contribution is 5.95. The van der Waals surface area contributed by atoms with Crippen LogP contribution in [0.3, 0.4) is 0 Å². The highest BCUT2D eigenvalue weighted by atomic mass is 19.4. The van der Waals surface area contributed by atoms with E-state index in [-0.39, 0.29) is 11.3 Å². The Balaban J connectivity index is 2.94. The molecule has 1 N–H and O–H groups in total. The van der Waals surface area contributed by atoms with Gasteiger partial charge in [-0.05, 0) is 25.5 Å². The van der Waals surface area contributed by atoms with Gasteiger partial charge in [0.15, 0.2) is 0 Å². The smallest absolute Gasteiger partial charge is 0.352 e. The fraction of sp³-hybridized carbons (Fsp3) is 0.455. The molecule has 0 aliphatic rings. The maximum atomic E-state index is 12.3. The van der Waals surface area contributed by atoms with Crippen LogP contribution in [0.1, 0.15) is 35.1 Å². The highest BCUT2D eigenvalue weighted by Gasteiger charge is 2.32. The van der Waals surface area contributed by atoms with Gasteiger partial charge < -0.3 is 5.32 Å². The summed E-state index contributed by atoms with van der Waals surface area (Å²) < 4.78 is 37.0. The average Bonchev–Trinajstić information content (AvgIpc) is 2.24. The third kappa shape index (κ3) is 3.44. The lowest BCUT2D eigenvalue weighted by atomic mass is 10.1. The van der Waals surface area contributed by atoms with Crippen molar-refractivity contribution < 1.29 is 18.0 Å². The molecular formula is C11H13F3N2O. The molecule has 0 aromatic carbocycles. The third-order valence-corrected chi connectivity index (χ3v) is 2.16. The molecule has 0 saturated heterocycles. The molecule has 0 bridgehead atoms. The number of amides is 1. The number of rotatable bonds is 3. The van der Waals surface area contributed by atoms with Gasteiger partial charge in [-0.1, -0.05) is 6.92 Å². The van der Waals surface area contributed by atoms with E-state index in [1.54, 1.807) is 0 Å². The topological polar surface area (TPSA) is 42.0 Å². The molecular weight excluding hydrogens is 233 g/mol. The average molecular weight is 246 g/mol. The number of nitrogens with zero attached hydrogens (tertiary/aromatic N) is 1. The molecule has 0 aliphatic heterocycles. The van der Waals surface area contributed by atoms with Crippen LogP contribution in [0.15, 0.2) is 12.1 Å². The number of hydrogen-bond acceptors (Lipinski definition) is 2. The molecule has 1 amide bonds. The van der Waals surface area contributed by atoms with Gasteiger partial charge in [0.25, 0.3) is 5.91 Å². The van der Waals surface area contributed by atoms with Crippen molar-refractivity contribution in [1.29, 1.82) is 0 Å². The van der Waals surface area contributed by atoms with Crippen LogP contribution in [0, 0.1) is 6.92 Å². The summed E-state index contributed by atoms with van der Waals surface area (Å²) in [7, 11) is 0. The van der Waals surface area contributed by atoms with Crippen molar-refractivity contribution in [3.05, 3.63) is 29.1 Å². The molecule has 94 valence electrons. The van der Waals surface area contributed by atoms with E-state index in [0.29, 0.717) is 6.54 Å². The van der Waals surface area contributed by atoms with Crippen molar-refractivity contribution in [2.45, 2.75) is 26.4 Å². The van der Waals surface area contributed by atoms with Crippen LogP contribution in [-0.2, 0) is 6.18 Å². The van der Waals surface area contributed by atoms with Crippen LogP contribution in [0.5, 0.6) is 0 Å². The van der Waals surface area contributed by atoms with Crippen molar-refractivity contribution in [3.8, 4) is 0 Å². The normalized spacial score (nSPS) is 11.4. The summed E-state index contributed by atoms with van der Waals surface area (Å²) >= 11 is 0. The van der Waals surface area contributed by atoms with Crippen LogP contribution in [0.4, 0.5) is 13.2 Å². The Morgan fingerprint density at radius 1 is 1.41 bits per heavy atom. The zero-order valence-electron chi connectivity index (χ0n) is 9.56. The zero-order valence-corrected chi connectivity index (χ0v) is 9.56. The molecule has 1 aromatic rings. The van der Waals surface area contributed by atoms with E-state index in [4.69, 9.17) is 0 Å². The second-order valence-electron chi connectivity index (χ2n) is 3.58. The summed E-state index contributed by atoms with van der Waals surface area (Å²) in [5.74, 6) is -0.398. The summed E-state index contributed by atoms with van der Waals surface area (Å²) in [5.41, 5.74) is -0.734. The fourth-order valence-corrected chi connectivity index (χ4v) is 1.29. The first kappa shape index (κ1) is 13.5. The molecule has 3 nitrogen and oxygen atoms in total. The Hall–Kier alpha value is -1.59. The molecule has 0 atom stereocenters. The van der Waals surface area contributed by atoms with Crippen molar-refractivity contribution in [2.24, 2.45) is 0 Å². The third-order valence-electron chi connectivity index (χ3n) is 2.16. The van der Waals surface area contributed by atoms with Gasteiger partial charge in [-0.3, -0.25) is 4.79 Å². The van der Waals surface area contributed by atoms with Gasteiger partial charge >= 0.3 is 6.18 Å². The van der Waals surface area contributed by atoms with Crippen LogP contribution in [0.2, 0.25) is 0 Å². The molecule has 1 heterocycles. The first-order chi connectivity index (χ1) is 7.86. The van der Waals surface area contributed by atoms with Gasteiger partial charge in [0.05, 0.1) is 11.3 Å². The molecule has 0 unspecified atom stereocenters. The number of nitrogens with one attached hydrogen (secondary N) is 1. The van der Waals surface area contributed by atoms with Crippen molar-refractivity contribution in [1.82, 2.24) is 10.3 Å².